The Bertz CT molecular complexity index is 1450. The third-order valence-corrected chi connectivity index (χ3v) is 6.40. The van der Waals surface area contributed by atoms with Crippen LogP contribution in [0.1, 0.15) is 59.0 Å². The molecular weight excluding hydrogens is 518 g/mol. The largest absolute Gasteiger partial charge is 0.480 e. The zero-order valence-corrected chi connectivity index (χ0v) is 21.9. The summed E-state index contributed by atoms with van der Waals surface area (Å²) in [4.78, 5) is 63.9. The van der Waals surface area contributed by atoms with Gasteiger partial charge in [-0.3, -0.25) is 19.3 Å². The number of carboxylic acid groups (broad SMARTS) is 1. The van der Waals surface area contributed by atoms with Crippen molar-refractivity contribution in [2.75, 3.05) is 0 Å². The first-order valence-corrected chi connectivity index (χ1v) is 12.5. The summed E-state index contributed by atoms with van der Waals surface area (Å²) in [6, 6.07) is 19.0. The number of benzene rings is 3. The smallest absolute Gasteiger partial charge is 0.375 e. The number of rotatable bonds is 7. The normalized spacial score (nSPS) is 15.9. The lowest BCUT2D eigenvalue weighted by Gasteiger charge is -2.28. The molecule has 5 rings (SSSR count). The molecule has 3 aromatic rings. The van der Waals surface area contributed by atoms with Crippen LogP contribution in [0.2, 0.25) is 0 Å². The Kier molecular flexibility index (Phi) is 6.41. The maximum absolute atomic E-state index is 13.4. The molecule has 0 bridgehead atoms. The Morgan fingerprint density at radius 2 is 1.30 bits per heavy atom. The Labute approximate surface area is 229 Å². The van der Waals surface area contributed by atoms with Gasteiger partial charge in [-0.1, -0.05) is 60.7 Å². The molecule has 0 saturated carbocycles. The molecule has 0 saturated heterocycles. The lowest BCUT2D eigenvalue weighted by molar-refractivity contribution is -0.163. The topological polar surface area (TPSA) is 137 Å². The minimum Gasteiger partial charge on any atom is -0.480 e. The van der Waals surface area contributed by atoms with E-state index in [0.717, 1.165) is 0 Å². The summed E-state index contributed by atoms with van der Waals surface area (Å²) in [6.07, 6.45) is -0.937. The van der Waals surface area contributed by atoms with Crippen molar-refractivity contribution in [2.24, 2.45) is 0 Å². The molecule has 2 heterocycles. The molecule has 204 valence electrons. The number of hydrogen-bond acceptors (Lipinski definition) is 8. The number of hydrogen-bond donors (Lipinski definition) is 1. The van der Waals surface area contributed by atoms with Crippen molar-refractivity contribution in [2.45, 2.75) is 44.6 Å². The van der Waals surface area contributed by atoms with Gasteiger partial charge in [-0.25, -0.2) is 9.59 Å². The molecule has 0 unspecified atom stereocenters. The standard InChI is InChI=1S/C30H25NO9/c1-29(2,3)40-28(37)22(32)16-21(27(35)36)31-25(33)19-14-23-24(15-20(19)26(31)34)39-30(38-23,17-10-6-4-7-11-17)18-12-8-5-9-13-18/h4-15,21H,16H2,1-3H3,(H,35,36)/t21-/m1/s1. The SMILES string of the molecule is CC(C)(C)OC(=O)C(=O)C[C@H](C(=O)O)N1C(=O)c2cc3c(cc2C1=O)OC(c1ccccc1)(c1ccccc1)O3. The number of amides is 2. The van der Waals surface area contributed by atoms with Crippen molar-refractivity contribution in [3.63, 3.8) is 0 Å². The van der Waals surface area contributed by atoms with Gasteiger partial charge in [0.1, 0.15) is 11.6 Å². The van der Waals surface area contributed by atoms with Gasteiger partial charge in [0.05, 0.1) is 11.1 Å². The first kappa shape index (κ1) is 26.6. The molecular formula is C30H25NO9. The predicted octanol–water partition coefficient (Wildman–Crippen LogP) is 3.71. The quantitative estimate of drug-likeness (QED) is 0.269. The van der Waals surface area contributed by atoms with Gasteiger partial charge in [-0.2, -0.15) is 0 Å². The van der Waals surface area contributed by atoms with Gasteiger partial charge in [0.15, 0.2) is 11.5 Å². The molecule has 0 spiro atoms. The van der Waals surface area contributed by atoms with Gasteiger partial charge >= 0.3 is 17.7 Å². The number of ketones is 1. The second-order valence-electron chi connectivity index (χ2n) is 10.4. The Morgan fingerprint density at radius 3 is 1.70 bits per heavy atom. The second kappa shape index (κ2) is 9.64. The third kappa shape index (κ3) is 4.57. The molecule has 2 aliphatic heterocycles. The number of carboxylic acids is 1. The van der Waals surface area contributed by atoms with Crippen molar-refractivity contribution < 1.29 is 43.3 Å². The van der Waals surface area contributed by atoms with Gasteiger partial charge < -0.3 is 19.3 Å². The van der Waals surface area contributed by atoms with Crippen LogP contribution in [0, 0.1) is 0 Å². The number of Topliss-reactive ketones (excluding diaryl/α,β-unsaturated/α-hetero) is 1. The summed E-state index contributed by atoms with van der Waals surface area (Å²) in [6.45, 7) is 4.64. The van der Waals surface area contributed by atoms with Crippen LogP contribution < -0.4 is 9.47 Å². The summed E-state index contributed by atoms with van der Waals surface area (Å²) in [7, 11) is 0. The minimum absolute atomic E-state index is 0.111. The van der Waals surface area contributed by atoms with Crippen LogP contribution in [0.3, 0.4) is 0 Å². The molecule has 40 heavy (non-hydrogen) atoms. The number of fused-ring (bicyclic) bond motifs is 2. The van der Waals surface area contributed by atoms with Crippen LogP contribution in [0.15, 0.2) is 72.8 Å². The lowest BCUT2D eigenvalue weighted by atomic mass is 9.97. The van der Waals surface area contributed by atoms with Crippen LogP contribution in [0.5, 0.6) is 11.5 Å². The average molecular weight is 544 g/mol. The van der Waals surface area contributed by atoms with Gasteiger partial charge in [0.2, 0.25) is 5.78 Å². The summed E-state index contributed by atoms with van der Waals surface area (Å²) in [5.74, 6) is -6.98. The highest BCUT2D eigenvalue weighted by Gasteiger charge is 2.50. The van der Waals surface area contributed by atoms with E-state index in [1.807, 2.05) is 60.7 Å². The zero-order chi connectivity index (χ0) is 28.8. The van der Waals surface area contributed by atoms with Crippen molar-refractivity contribution in [1.82, 2.24) is 4.90 Å². The summed E-state index contributed by atoms with van der Waals surface area (Å²) >= 11 is 0. The van der Waals surface area contributed by atoms with Crippen molar-refractivity contribution in [1.29, 1.82) is 0 Å². The predicted molar refractivity (Wildman–Crippen MR) is 139 cm³/mol. The Balaban J connectivity index is 1.47. The lowest BCUT2D eigenvalue weighted by Crippen LogP contribution is -2.47. The Morgan fingerprint density at radius 1 is 0.850 bits per heavy atom. The fourth-order valence-electron chi connectivity index (χ4n) is 4.64. The Hall–Kier alpha value is -4.99. The highest BCUT2D eigenvalue weighted by Crippen LogP contribution is 2.49. The van der Waals surface area contributed by atoms with E-state index in [9.17, 15) is 29.1 Å². The third-order valence-electron chi connectivity index (χ3n) is 6.40. The van der Waals surface area contributed by atoms with Crippen LogP contribution in [-0.2, 0) is 24.9 Å². The minimum atomic E-state index is -1.92. The first-order valence-electron chi connectivity index (χ1n) is 12.5. The van der Waals surface area contributed by atoms with Gasteiger partial charge in [-0.05, 0) is 32.9 Å². The van der Waals surface area contributed by atoms with Gasteiger partial charge in [-0.15, -0.1) is 0 Å². The molecule has 0 fully saturated rings. The molecule has 1 N–H and O–H groups in total. The number of imide groups is 1. The van der Waals surface area contributed by atoms with E-state index in [0.29, 0.717) is 16.0 Å². The maximum atomic E-state index is 13.4. The molecule has 0 aliphatic carbocycles. The van der Waals surface area contributed by atoms with E-state index in [1.165, 1.54) is 12.1 Å². The van der Waals surface area contributed by atoms with E-state index in [4.69, 9.17) is 14.2 Å². The van der Waals surface area contributed by atoms with Crippen LogP contribution in [0.4, 0.5) is 0 Å². The molecule has 10 heteroatoms. The summed E-state index contributed by atoms with van der Waals surface area (Å²) < 4.78 is 17.7. The average Bonchev–Trinajstić information content (AvgIpc) is 3.41. The van der Waals surface area contributed by atoms with Gasteiger partial charge in [0, 0.05) is 17.5 Å². The molecule has 10 nitrogen and oxygen atoms in total. The number of nitrogens with zero attached hydrogens (tertiary/aromatic N) is 1. The number of aliphatic carboxylic acids is 1. The molecule has 2 amide bonds. The summed E-state index contributed by atoms with van der Waals surface area (Å²) in [5, 5.41) is 9.80. The summed E-state index contributed by atoms with van der Waals surface area (Å²) in [5.41, 5.74) is 0.128. The molecule has 0 radical (unpaired) electrons. The maximum Gasteiger partial charge on any atom is 0.375 e. The van der Waals surface area contributed by atoms with Gasteiger partial charge in [0.25, 0.3) is 11.8 Å². The monoisotopic (exact) mass is 543 g/mol. The van der Waals surface area contributed by atoms with E-state index in [2.05, 4.69) is 0 Å². The second-order valence-corrected chi connectivity index (χ2v) is 10.4. The van der Waals surface area contributed by atoms with Crippen LogP contribution >= 0.6 is 0 Å². The van der Waals surface area contributed by atoms with Crippen LogP contribution in [0.25, 0.3) is 0 Å². The molecule has 2 aliphatic rings. The molecule has 0 aromatic heterocycles. The van der Waals surface area contributed by atoms with Crippen molar-refractivity contribution in [3.8, 4) is 11.5 Å². The highest BCUT2D eigenvalue weighted by atomic mass is 16.7. The first-order chi connectivity index (χ1) is 18.9. The van der Waals surface area contributed by atoms with E-state index >= 15 is 0 Å². The number of carbonyl (C=O) groups excluding carboxylic acids is 4. The van der Waals surface area contributed by atoms with E-state index < -0.39 is 53.4 Å². The zero-order valence-electron chi connectivity index (χ0n) is 21.9. The fraction of sp³-hybridized carbons (Fsp3) is 0.233. The molecule has 1 atom stereocenters. The molecule has 3 aromatic carbocycles. The van der Waals surface area contributed by atoms with Crippen molar-refractivity contribution >= 4 is 29.5 Å². The number of esters is 1. The van der Waals surface area contributed by atoms with E-state index in [-0.39, 0.29) is 22.6 Å². The van der Waals surface area contributed by atoms with Crippen LogP contribution in [-0.4, -0.2) is 51.2 Å². The van der Waals surface area contributed by atoms with E-state index in [1.54, 1.807) is 20.8 Å². The fourth-order valence-corrected chi connectivity index (χ4v) is 4.64. The number of ether oxygens (including phenoxy) is 3. The number of carbonyl (C=O) groups is 5. The van der Waals surface area contributed by atoms with Crippen molar-refractivity contribution in [3.05, 3.63) is 95.1 Å². The highest BCUT2D eigenvalue weighted by molar-refractivity contribution is 6.34.